The Labute approximate surface area is 131 Å². The summed E-state index contributed by atoms with van der Waals surface area (Å²) in [4.78, 5) is 12.0. The zero-order chi connectivity index (χ0) is 16.0. The smallest absolute Gasteiger partial charge is 0.246 e. The minimum absolute atomic E-state index is 0.0324. The summed E-state index contributed by atoms with van der Waals surface area (Å²) in [7, 11) is -3.72. The second-order valence-electron chi connectivity index (χ2n) is 5.25. The molecule has 1 aliphatic heterocycles. The maximum absolute atomic E-state index is 12.8. The number of amides is 1. The summed E-state index contributed by atoms with van der Waals surface area (Å²) in [6.07, 6.45) is 9.04. The van der Waals surface area contributed by atoms with Gasteiger partial charge >= 0.3 is 0 Å². The first-order chi connectivity index (χ1) is 10.6. The van der Waals surface area contributed by atoms with Gasteiger partial charge in [0.2, 0.25) is 15.9 Å². The summed E-state index contributed by atoms with van der Waals surface area (Å²) in [5.74, 6) is 2.24. The number of carbonyl (C=O) groups excluding carboxylic acids is 1. The molecule has 5 nitrogen and oxygen atoms in total. The number of carbonyl (C=O) groups is 1. The second kappa shape index (κ2) is 7.43. The van der Waals surface area contributed by atoms with Gasteiger partial charge in [-0.2, -0.15) is 4.31 Å². The van der Waals surface area contributed by atoms with Crippen molar-refractivity contribution < 1.29 is 13.2 Å². The maximum Gasteiger partial charge on any atom is 0.246 e. The number of nitrogens with one attached hydrogen (secondary N) is 1. The zero-order valence-electron chi connectivity index (χ0n) is 12.4. The quantitative estimate of drug-likeness (QED) is 0.807. The van der Waals surface area contributed by atoms with Gasteiger partial charge in [0.05, 0.1) is 12.2 Å². The molecule has 118 valence electrons. The van der Waals surface area contributed by atoms with Crippen molar-refractivity contribution in [2.45, 2.75) is 37.0 Å². The lowest BCUT2D eigenvalue weighted by atomic mass is 10.1. The van der Waals surface area contributed by atoms with Gasteiger partial charge in [0.25, 0.3) is 0 Å². The molecule has 0 radical (unpaired) electrons. The third-order valence-electron chi connectivity index (χ3n) is 3.61. The van der Waals surface area contributed by atoms with Gasteiger partial charge < -0.3 is 5.32 Å². The lowest BCUT2D eigenvalue weighted by Gasteiger charge is -2.22. The van der Waals surface area contributed by atoms with Crippen LogP contribution >= 0.6 is 0 Å². The van der Waals surface area contributed by atoms with Crippen molar-refractivity contribution in [3.05, 3.63) is 24.3 Å². The van der Waals surface area contributed by atoms with Crippen molar-refractivity contribution >= 4 is 21.6 Å². The van der Waals surface area contributed by atoms with Gasteiger partial charge in [-0.1, -0.05) is 30.9 Å². The molecular weight excluding hydrogens is 300 g/mol. The van der Waals surface area contributed by atoms with Crippen molar-refractivity contribution in [3.8, 4) is 12.3 Å². The van der Waals surface area contributed by atoms with Crippen LogP contribution in [0.15, 0.2) is 29.2 Å². The van der Waals surface area contributed by atoms with E-state index in [1.165, 1.54) is 10.4 Å². The largest absolute Gasteiger partial charge is 0.325 e. The second-order valence-corrected chi connectivity index (χ2v) is 7.16. The van der Waals surface area contributed by atoms with E-state index in [0.717, 1.165) is 25.7 Å². The van der Waals surface area contributed by atoms with Gasteiger partial charge in [0.1, 0.15) is 4.90 Å². The van der Waals surface area contributed by atoms with Crippen molar-refractivity contribution in [3.63, 3.8) is 0 Å². The fourth-order valence-corrected chi connectivity index (χ4v) is 4.00. The molecule has 0 aliphatic carbocycles. The first-order valence-corrected chi connectivity index (χ1v) is 8.82. The normalized spacial score (nSPS) is 19.9. The summed E-state index contributed by atoms with van der Waals surface area (Å²) in [6, 6.07) is 6.44. The van der Waals surface area contributed by atoms with E-state index in [1.807, 2.05) is 0 Å². The SMILES string of the molecule is C#CCN1CCCCCCC(=O)Nc2ccccc2S1(=O)=O. The Bertz CT molecular complexity index is 677. The van der Waals surface area contributed by atoms with Gasteiger partial charge in [-0.25, -0.2) is 8.42 Å². The van der Waals surface area contributed by atoms with Crippen LogP contribution in [0.25, 0.3) is 0 Å². The minimum atomic E-state index is -3.72. The lowest BCUT2D eigenvalue weighted by molar-refractivity contribution is -0.116. The predicted molar refractivity (Wildman–Crippen MR) is 85.7 cm³/mol. The number of nitrogens with zero attached hydrogens (tertiary/aromatic N) is 1. The molecule has 1 aromatic carbocycles. The molecule has 6 heteroatoms. The molecule has 1 N–H and O–H groups in total. The van der Waals surface area contributed by atoms with E-state index in [0.29, 0.717) is 18.7 Å². The zero-order valence-corrected chi connectivity index (χ0v) is 13.2. The molecule has 2 rings (SSSR count). The molecule has 1 aromatic rings. The first-order valence-electron chi connectivity index (χ1n) is 7.38. The third-order valence-corrected chi connectivity index (χ3v) is 5.51. The van der Waals surface area contributed by atoms with Gasteiger partial charge in [-0.15, -0.1) is 6.42 Å². The van der Waals surface area contributed by atoms with Crippen LogP contribution in [-0.2, 0) is 14.8 Å². The number of terminal acetylenes is 1. The van der Waals surface area contributed by atoms with Crippen molar-refractivity contribution in [2.75, 3.05) is 18.4 Å². The Kier molecular flexibility index (Phi) is 5.58. The van der Waals surface area contributed by atoms with Crippen molar-refractivity contribution in [1.29, 1.82) is 0 Å². The highest BCUT2D eigenvalue weighted by molar-refractivity contribution is 7.89. The summed E-state index contributed by atoms with van der Waals surface area (Å²) >= 11 is 0. The Balaban J connectivity index is 2.44. The van der Waals surface area contributed by atoms with Crippen LogP contribution in [0.5, 0.6) is 0 Å². The molecule has 0 bridgehead atoms. The molecule has 1 aliphatic rings. The Hall–Kier alpha value is -1.84. The number of hydrogen-bond donors (Lipinski definition) is 1. The highest BCUT2D eigenvalue weighted by atomic mass is 32.2. The van der Waals surface area contributed by atoms with Crippen LogP contribution in [0.1, 0.15) is 32.1 Å². The fraction of sp³-hybridized carbons (Fsp3) is 0.438. The van der Waals surface area contributed by atoms with Gasteiger partial charge in [0.15, 0.2) is 0 Å². The van der Waals surface area contributed by atoms with Crippen LogP contribution in [0.2, 0.25) is 0 Å². The monoisotopic (exact) mass is 320 g/mol. The molecule has 0 atom stereocenters. The summed E-state index contributed by atoms with van der Waals surface area (Å²) in [5.41, 5.74) is 0.315. The predicted octanol–water partition coefficient (Wildman–Crippen LogP) is 2.21. The average Bonchev–Trinajstić information content (AvgIpc) is 2.49. The summed E-state index contributed by atoms with van der Waals surface area (Å²) < 4.78 is 26.9. The van der Waals surface area contributed by atoms with Crippen LogP contribution in [-0.4, -0.2) is 31.7 Å². The first kappa shape index (κ1) is 16.5. The third kappa shape index (κ3) is 3.87. The minimum Gasteiger partial charge on any atom is -0.325 e. The topological polar surface area (TPSA) is 66.5 Å². The summed E-state index contributed by atoms with van der Waals surface area (Å²) in [6.45, 7) is 0.430. The Morgan fingerprint density at radius 3 is 2.68 bits per heavy atom. The number of fused-ring (bicyclic) bond motifs is 1. The molecule has 1 heterocycles. The Morgan fingerprint density at radius 2 is 1.91 bits per heavy atom. The highest BCUT2D eigenvalue weighted by Crippen LogP contribution is 2.25. The van der Waals surface area contributed by atoms with E-state index in [4.69, 9.17) is 6.42 Å². The van der Waals surface area contributed by atoms with Crippen molar-refractivity contribution in [1.82, 2.24) is 4.31 Å². The number of rotatable bonds is 1. The number of benzene rings is 1. The number of anilines is 1. The van der Waals surface area contributed by atoms with Crippen LogP contribution in [0.4, 0.5) is 5.69 Å². The summed E-state index contributed by atoms with van der Waals surface area (Å²) in [5, 5.41) is 2.70. The Morgan fingerprint density at radius 1 is 1.18 bits per heavy atom. The van der Waals surface area contributed by atoms with E-state index < -0.39 is 10.0 Å². The number of hydrogen-bond acceptors (Lipinski definition) is 3. The molecule has 0 spiro atoms. The molecule has 0 aromatic heterocycles. The highest BCUT2D eigenvalue weighted by Gasteiger charge is 2.26. The number of para-hydroxylation sites is 1. The fourth-order valence-electron chi connectivity index (χ4n) is 2.46. The molecule has 0 saturated carbocycles. The van der Waals surface area contributed by atoms with E-state index in [9.17, 15) is 13.2 Å². The molecule has 0 unspecified atom stereocenters. The lowest BCUT2D eigenvalue weighted by Crippen LogP contribution is -2.33. The molecular formula is C16H20N2O3S. The van der Waals surface area contributed by atoms with Crippen LogP contribution in [0.3, 0.4) is 0 Å². The van der Waals surface area contributed by atoms with Crippen molar-refractivity contribution in [2.24, 2.45) is 0 Å². The molecule has 0 fully saturated rings. The van der Waals surface area contributed by atoms with Gasteiger partial charge in [-0.3, -0.25) is 4.79 Å². The standard InChI is InChI=1S/C16H20N2O3S/c1-2-12-18-13-8-4-3-5-11-16(19)17-14-9-6-7-10-15(14)22(18,20)21/h1,6-7,9-10H,3-5,8,11-13H2,(H,17,19). The van der Waals surface area contributed by atoms with Crippen LogP contribution in [0, 0.1) is 12.3 Å². The van der Waals surface area contributed by atoms with Gasteiger partial charge in [-0.05, 0) is 25.0 Å². The maximum atomic E-state index is 12.8. The molecule has 1 amide bonds. The van der Waals surface area contributed by atoms with E-state index >= 15 is 0 Å². The molecule has 0 saturated heterocycles. The van der Waals surface area contributed by atoms with E-state index in [2.05, 4.69) is 11.2 Å². The average molecular weight is 320 g/mol. The van der Waals surface area contributed by atoms with Gasteiger partial charge in [0, 0.05) is 13.0 Å². The van der Waals surface area contributed by atoms with E-state index in [1.54, 1.807) is 18.2 Å². The molecule has 22 heavy (non-hydrogen) atoms. The van der Waals surface area contributed by atoms with E-state index in [-0.39, 0.29) is 17.3 Å². The number of sulfonamides is 1. The van der Waals surface area contributed by atoms with Crippen LogP contribution < -0.4 is 5.32 Å².